The Kier molecular flexibility index (Phi) is 6.22. The van der Waals surface area contributed by atoms with Crippen LogP contribution in [-0.2, 0) is 6.54 Å². The largest absolute Gasteiger partial charge is 0.444 e. The van der Waals surface area contributed by atoms with Crippen LogP contribution in [0.25, 0.3) is 0 Å². The van der Waals surface area contributed by atoms with Gasteiger partial charge in [-0.05, 0) is 33.2 Å². The van der Waals surface area contributed by atoms with Gasteiger partial charge in [0.1, 0.15) is 5.76 Å². The lowest BCUT2D eigenvalue weighted by atomic mass is 10.3. The molecule has 0 unspecified atom stereocenters. The first-order chi connectivity index (χ1) is 8.17. The molecule has 1 rings (SSSR count). The fraction of sp³-hybridized carbons (Fsp3) is 0.769. The number of aliphatic hydroxyl groups is 1. The summed E-state index contributed by atoms with van der Waals surface area (Å²) < 4.78 is 5.59. The number of nitrogens with zero attached hydrogens (tertiary/aromatic N) is 2. The highest BCUT2D eigenvalue weighted by Gasteiger charge is 2.11. The first kappa shape index (κ1) is 14.2. The van der Waals surface area contributed by atoms with Crippen molar-refractivity contribution in [3.63, 3.8) is 0 Å². The number of oxazole rings is 1. The summed E-state index contributed by atoms with van der Waals surface area (Å²) in [6, 6.07) is 0. The van der Waals surface area contributed by atoms with Gasteiger partial charge in [0.05, 0.1) is 12.2 Å². The maximum absolute atomic E-state index is 8.89. The Labute approximate surface area is 104 Å². The van der Waals surface area contributed by atoms with Crippen LogP contribution in [0.3, 0.4) is 0 Å². The smallest absolute Gasteiger partial charge is 0.208 e. The van der Waals surface area contributed by atoms with E-state index in [1.54, 1.807) is 0 Å². The number of hydrogen-bond donors (Lipinski definition) is 1. The Bertz CT molecular complexity index is 296. The maximum atomic E-state index is 8.89. The van der Waals surface area contributed by atoms with Gasteiger partial charge < -0.3 is 9.52 Å². The quantitative estimate of drug-likeness (QED) is 0.757. The van der Waals surface area contributed by atoms with E-state index in [9.17, 15) is 0 Å². The Morgan fingerprint density at radius 2 is 1.94 bits per heavy atom. The van der Waals surface area contributed by atoms with Crippen LogP contribution in [0.1, 0.15) is 43.5 Å². The highest BCUT2D eigenvalue weighted by molar-refractivity contribution is 5.05. The SMILES string of the molecule is CCCCN(CCCO)Cc1nc(C)c(C)o1. The fourth-order valence-electron chi connectivity index (χ4n) is 1.74. The predicted octanol–water partition coefficient (Wildman–Crippen LogP) is 2.28. The number of aromatic nitrogens is 1. The summed E-state index contributed by atoms with van der Waals surface area (Å²) in [6.07, 6.45) is 3.16. The second-order valence-electron chi connectivity index (χ2n) is 4.46. The van der Waals surface area contributed by atoms with Crippen molar-refractivity contribution in [2.45, 2.75) is 46.6 Å². The standard InChI is InChI=1S/C13H24N2O2/c1-4-5-7-15(8-6-9-16)10-13-14-11(2)12(3)17-13/h16H,4-10H2,1-3H3. The zero-order chi connectivity index (χ0) is 12.7. The van der Waals surface area contributed by atoms with Gasteiger partial charge in [0.25, 0.3) is 0 Å². The predicted molar refractivity (Wildman–Crippen MR) is 67.9 cm³/mol. The molecule has 0 spiro atoms. The molecule has 98 valence electrons. The minimum atomic E-state index is 0.242. The van der Waals surface area contributed by atoms with E-state index < -0.39 is 0 Å². The molecule has 0 saturated carbocycles. The summed E-state index contributed by atoms with van der Waals surface area (Å²) in [7, 11) is 0. The van der Waals surface area contributed by atoms with Crippen molar-refractivity contribution < 1.29 is 9.52 Å². The van der Waals surface area contributed by atoms with Gasteiger partial charge in [0.15, 0.2) is 0 Å². The molecule has 0 fully saturated rings. The van der Waals surface area contributed by atoms with E-state index in [0.29, 0.717) is 0 Å². The minimum Gasteiger partial charge on any atom is -0.444 e. The Hall–Kier alpha value is -0.870. The molecular formula is C13H24N2O2. The molecule has 1 aromatic rings. The van der Waals surface area contributed by atoms with Gasteiger partial charge in [-0.15, -0.1) is 0 Å². The molecule has 4 heteroatoms. The van der Waals surface area contributed by atoms with Gasteiger partial charge in [0, 0.05) is 13.2 Å². The summed E-state index contributed by atoms with van der Waals surface area (Å²) in [5, 5.41) is 8.89. The van der Waals surface area contributed by atoms with Crippen molar-refractivity contribution in [3.8, 4) is 0 Å². The van der Waals surface area contributed by atoms with Crippen LogP contribution in [0, 0.1) is 13.8 Å². The van der Waals surface area contributed by atoms with Gasteiger partial charge >= 0.3 is 0 Å². The summed E-state index contributed by atoms with van der Waals surface area (Å²) >= 11 is 0. The van der Waals surface area contributed by atoms with Crippen LogP contribution in [0.15, 0.2) is 4.42 Å². The molecule has 0 bridgehead atoms. The number of aryl methyl sites for hydroxylation is 2. The summed E-state index contributed by atoms with van der Waals surface area (Å²) in [5.74, 6) is 1.69. The average molecular weight is 240 g/mol. The fourth-order valence-corrected chi connectivity index (χ4v) is 1.74. The van der Waals surface area contributed by atoms with Crippen molar-refractivity contribution in [1.29, 1.82) is 0 Å². The minimum absolute atomic E-state index is 0.242. The molecule has 0 aliphatic heterocycles. The molecular weight excluding hydrogens is 216 g/mol. The first-order valence-electron chi connectivity index (χ1n) is 6.43. The highest BCUT2D eigenvalue weighted by atomic mass is 16.4. The molecule has 0 aromatic carbocycles. The molecule has 0 aliphatic carbocycles. The lowest BCUT2D eigenvalue weighted by molar-refractivity contribution is 0.201. The van der Waals surface area contributed by atoms with Gasteiger partial charge in [0.2, 0.25) is 5.89 Å². The molecule has 0 amide bonds. The third-order valence-electron chi connectivity index (χ3n) is 2.89. The van der Waals surface area contributed by atoms with E-state index >= 15 is 0 Å². The van der Waals surface area contributed by atoms with Gasteiger partial charge in [-0.25, -0.2) is 4.98 Å². The molecule has 17 heavy (non-hydrogen) atoms. The van der Waals surface area contributed by atoms with E-state index in [1.165, 1.54) is 12.8 Å². The van der Waals surface area contributed by atoms with Crippen LogP contribution in [-0.4, -0.2) is 34.7 Å². The number of unbranched alkanes of at least 4 members (excludes halogenated alkanes) is 1. The van der Waals surface area contributed by atoms with E-state index in [0.717, 1.165) is 43.4 Å². The van der Waals surface area contributed by atoms with Gasteiger partial charge in [-0.1, -0.05) is 13.3 Å². The van der Waals surface area contributed by atoms with E-state index in [4.69, 9.17) is 9.52 Å². The van der Waals surface area contributed by atoms with Gasteiger partial charge in [-0.2, -0.15) is 0 Å². The second-order valence-corrected chi connectivity index (χ2v) is 4.46. The second kappa shape index (κ2) is 7.45. The topological polar surface area (TPSA) is 49.5 Å². The zero-order valence-electron chi connectivity index (χ0n) is 11.2. The normalized spacial score (nSPS) is 11.4. The van der Waals surface area contributed by atoms with Gasteiger partial charge in [-0.3, -0.25) is 4.90 Å². The summed E-state index contributed by atoms with van der Waals surface area (Å²) in [5.41, 5.74) is 0.970. The van der Waals surface area contributed by atoms with Crippen LogP contribution in [0.4, 0.5) is 0 Å². The average Bonchev–Trinajstić information content (AvgIpc) is 2.62. The molecule has 0 saturated heterocycles. The molecule has 0 radical (unpaired) electrons. The van der Waals surface area contributed by atoms with Crippen molar-refractivity contribution in [1.82, 2.24) is 9.88 Å². The van der Waals surface area contributed by atoms with Crippen molar-refractivity contribution in [3.05, 3.63) is 17.3 Å². The monoisotopic (exact) mass is 240 g/mol. The highest BCUT2D eigenvalue weighted by Crippen LogP contribution is 2.11. The summed E-state index contributed by atoms with van der Waals surface area (Å²) in [4.78, 5) is 6.69. The van der Waals surface area contributed by atoms with Crippen LogP contribution >= 0.6 is 0 Å². The lowest BCUT2D eigenvalue weighted by Gasteiger charge is -2.19. The molecule has 1 heterocycles. The Morgan fingerprint density at radius 3 is 2.47 bits per heavy atom. The summed E-state index contributed by atoms with van der Waals surface area (Å²) in [6.45, 7) is 9.01. The molecule has 1 N–H and O–H groups in total. The Balaban J connectivity index is 2.51. The van der Waals surface area contributed by atoms with Crippen molar-refractivity contribution >= 4 is 0 Å². The molecule has 4 nitrogen and oxygen atoms in total. The van der Waals surface area contributed by atoms with Crippen LogP contribution in [0.5, 0.6) is 0 Å². The van der Waals surface area contributed by atoms with Crippen molar-refractivity contribution in [2.75, 3.05) is 19.7 Å². The third-order valence-corrected chi connectivity index (χ3v) is 2.89. The van der Waals surface area contributed by atoms with E-state index in [2.05, 4.69) is 16.8 Å². The maximum Gasteiger partial charge on any atom is 0.208 e. The van der Waals surface area contributed by atoms with Crippen LogP contribution in [0.2, 0.25) is 0 Å². The number of aliphatic hydroxyl groups excluding tert-OH is 1. The zero-order valence-corrected chi connectivity index (χ0v) is 11.2. The molecule has 0 aliphatic rings. The number of rotatable bonds is 8. The van der Waals surface area contributed by atoms with E-state index in [1.807, 2.05) is 13.8 Å². The van der Waals surface area contributed by atoms with Crippen LogP contribution < -0.4 is 0 Å². The van der Waals surface area contributed by atoms with Crippen molar-refractivity contribution in [2.24, 2.45) is 0 Å². The molecule has 0 atom stereocenters. The molecule has 1 aromatic heterocycles. The Morgan fingerprint density at radius 1 is 1.24 bits per heavy atom. The lowest BCUT2D eigenvalue weighted by Crippen LogP contribution is -2.26. The van der Waals surface area contributed by atoms with E-state index in [-0.39, 0.29) is 6.61 Å². The number of hydrogen-bond acceptors (Lipinski definition) is 4. The first-order valence-corrected chi connectivity index (χ1v) is 6.43. The third kappa shape index (κ3) is 4.88.